The van der Waals surface area contributed by atoms with Crippen LogP contribution >= 0.6 is 0 Å². The number of nitrogens with zero attached hydrogens (tertiary/aromatic N) is 2. The number of rotatable bonds is 4. The highest BCUT2D eigenvalue weighted by molar-refractivity contribution is 5.70. The van der Waals surface area contributed by atoms with Crippen molar-refractivity contribution in [1.82, 2.24) is 9.80 Å². The van der Waals surface area contributed by atoms with Crippen molar-refractivity contribution in [2.24, 2.45) is 0 Å². The number of benzene rings is 2. The summed E-state index contributed by atoms with van der Waals surface area (Å²) in [4.78, 5) is 17.6. The summed E-state index contributed by atoms with van der Waals surface area (Å²) in [6.45, 7) is 5.95. The summed E-state index contributed by atoms with van der Waals surface area (Å²) < 4.78 is 6.02. The van der Waals surface area contributed by atoms with Crippen LogP contribution in [0.15, 0.2) is 54.6 Å². The van der Waals surface area contributed by atoms with Gasteiger partial charge in [0.05, 0.1) is 6.04 Å². The Bertz CT molecular complexity index is 790. The average molecular weight is 379 g/mol. The Kier molecular flexibility index (Phi) is 5.96. The van der Waals surface area contributed by atoms with Crippen LogP contribution in [0.5, 0.6) is 0 Å². The zero-order valence-electron chi connectivity index (χ0n) is 16.7. The standard InChI is InChI=1S/C24H30N2O2/c1-2-15-25-16-8-12-21(18-25)28-24(27)26-17-14-19-9-6-7-13-22(19)23(26)20-10-4-3-5-11-20/h3-7,9-11,13,21,23H,2,8,12,14-18H2,1H3/t21?,23-/m0/s1. The summed E-state index contributed by atoms with van der Waals surface area (Å²) in [6.07, 6.45) is 3.91. The molecule has 4 nitrogen and oxygen atoms in total. The number of carbonyl (C=O) groups is 1. The van der Waals surface area contributed by atoms with Crippen molar-refractivity contribution < 1.29 is 9.53 Å². The number of fused-ring (bicyclic) bond motifs is 1. The molecule has 0 spiro atoms. The van der Waals surface area contributed by atoms with Gasteiger partial charge >= 0.3 is 6.09 Å². The average Bonchev–Trinajstić information content (AvgIpc) is 2.74. The van der Waals surface area contributed by atoms with Crippen LogP contribution in [0.1, 0.15) is 48.9 Å². The first kappa shape index (κ1) is 19.0. The maximum absolute atomic E-state index is 13.2. The topological polar surface area (TPSA) is 32.8 Å². The van der Waals surface area contributed by atoms with Gasteiger partial charge in [0.1, 0.15) is 6.10 Å². The normalized spacial score (nSPS) is 22.5. The first-order valence-electron chi connectivity index (χ1n) is 10.6. The van der Waals surface area contributed by atoms with Crippen LogP contribution < -0.4 is 0 Å². The zero-order chi connectivity index (χ0) is 19.3. The van der Waals surface area contributed by atoms with E-state index in [1.165, 1.54) is 11.1 Å². The Labute approximate surface area is 168 Å². The zero-order valence-corrected chi connectivity index (χ0v) is 16.7. The molecule has 0 N–H and O–H groups in total. The second-order valence-corrected chi connectivity index (χ2v) is 7.90. The summed E-state index contributed by atoms with van der Waals surface area (Å²) in [6, 6.07) is 18.7. The van der Waals surface area contributed by atoms with Crippen LogP contribution in [-0.4, -0.2) is 48.2 Å². The number of amides is 1. The minimum Gasteiger partial charge on any atom is -0.445 e. The van der Waals surface area contributed by atoms with Crippen LogP contribution in [0.3, 0.4) is 0 Å². The molecule has 4 rings (SSSR count). The summed E-state index contributed by atoms with van der Waals surface area (Å²) in [5.74, 6) is 0. The van der Waals surface area contributed by atoms with Crippen LogP contribution in [-0.2, 0) is 11.2 Å². The van der Waals surface area contributed by atoms with Gasteiger partial charge in [-0.1, -0.05) is 61.5 Å². The van der Waals surface area contributed by atoms with Gasteiger partial charge in [-0.3, -0.25) is 9.80 Å². The van der Waals surface area contributed by atoms with E-state index in [4.69, 9.17) is 4.74 Å². The number of hydrogen-bond acceptors (Lipinski definition) is 3. The number of piperidine rings is 1. The first-order chi connectivity index (χ1) is 13.8. The van der Waals surface area contributed by atoms with Gasteiger partial charge in [-0.15, -0.1) is 0 Å². The van der Waals surface area contributed by atoms with E-state index in [0.717, 1.165) is 50.9 Å². The molecule has 1 fully saturated rings. The molecule has 0 aromatic heterocycles. The number of ether oxygens (including phenoxy) is 1. The van der Waals surface area contributed by atoms with Crippen molar-refractivity contribution in [3.63, 3.8) is 0 Å². The van der Waals surface area contributed by atoms with Crippen molar-refractivity contribution >= 4 is 6.09 Å². The highest BCUT2D eigenvalue weighted by Crippen LogP contribution is 2.35. The van der Waals surface area contributed by atoms with E-state index in [9.17, 15) is 4.79 Å². The van der Waals surface area contributed by atoms with Gasteiger partial charge in [0.2, 0.25) is 0 Å². The fourth-order valence-electron chi connectivity index (χ4n) is 4.60. The van der Waals surface area contributed by atoms with Gasteiger partial charge in [0, 0.05) is 13.1 Å². The molecule has 0 bridgehead atoms. The third-order valence-corrected chi connectivity index (χ3v) is 5.90. The third kappa shape index (κ3) is 4.07. The lowest BCUT2D eigenvalue weighted by molar-refractivity contribution is 0.0160. The maximum atomic E-state index is 13.2. The summed E-state index contributed by atoms with van der Waals surface area (Å²) >= 11 is 0. The van der Waals surface area contributed by atoms with E-state index in [-0.39, 0.29) is 18.2 Å². The lowest BCUT2D eigenvalue weighted by atomic mass is 9.88. The largest absolute Gasteiger partial charge is 0.445 e. The molecule has 1 unspecified atom stereocenters. The van der Waals surface area contributed by atoms with Crippen molar-refractivity contribution in [3.8, 4) is 0 Å². The highest BCUT2D eigenvalue weighted by atomic mass is 16.6. The molecule has 1 saturated heterocycles. The van der Waals surface area contributed by atoms with E-state index in [1.807, 2.05) is 23.1 Å². The van der Waals surface area contributed by atoms with E-state index < -0.39 is 0 Å². The number of carbonyl (C=O) groups excluding carboxylic acids is 1. The fourth-order valence-corrected chi connectivity index (χ4v) is 4.60. The van der Waals surface area contributed by atoms with Crippen LogP contribution in [0.25, 0.3) is 0 Å². The maximum Gasteiger partial charge on any atom is 0.410 e. The van der Waals surface area contributed by atoms with Gasteiger partial charge in [-0.05, 0) is 55.5 Å². The fraction of sp³-hybridized carbons (Fsp3) is 0.458. The lowest BCUT2D eigenvalue weighted by Gasteiger charge is -2.39. The smallest absolute Gasteiger partial charge is 0.410 e. The molecule has 0 aliphatic carbocycles. The van der Waals surface area contributed by atoms with Gasteiger partial charge in [-0.2, -0.15) is 0 Å². The molecule has 28 heavy (non-hydrogen) atoms. The van der Waals surface area contributed by atoms with E-state index in [0.29, 0.717) is 6.54 Å². The van der Waals surface area contributed by atoms with Crippen LogP contribution in [0.4, 0.5) is 4.79 Å². The predicted octanol–water partition coefficient (Wildman–Crippen LogP) is 4.65. The second-order valence-electron chi connectivity index (χ2n) is 7.90. The summed E-state index contributed by atoms with van der Waals surface area (Å²) in [5, 5.41) is 0. The number of hydrogen-bond donors (Lipinski definition) is 0. The Morgan fingerprint density at radius 3 is 2.68 bits per heavy atom. The molecule has 0 radical (unpaired) electrons. The summed E-state index contributed by atoms with van der Waals surface area (Å²) in [5.41, 5.74) is 3.68. The molecule has 2 aromatic rings. The van der Waals surface area contributed by atoms with E-state index in [1.54, 1.807) is 0 Å². The van der Waals surface area contributed by atoms with Crippen LogP contribution in [0, 0.1) is 0 Å². The Balaban J connectivity index is 1.55. The number of likely N-dealkylation sites (tertiary alicyclic amines) is 1. The lowest BCUT2D eigenvalue weighted by Crippen LogP contribution is -2.46. The minimum atomic E-state index is -0.174. The quantitative estimate of drug-likeness (QED) is 0.777. The summed E-state index contributed by atoms with van der Waals surface area (Å²) in [7, 11) is 0. The van der Waals surface area contributed by atoms with Crippen molar-refractivity contribution in [1.29, 1.82) is 0 Å². The molecule has 2 aliphatic heterocycles. The molecular weight excluding hydrogens is 348 g/mol. The predicted molar refractivity (Wildman–Crippen MR) is 111 cm³/mol. The minimum absolute atomic E-state index is 0.00129. The SMILES string of the molecule is CCCN1CCCC(OC(=O)N2CCc3ccccc3[C@@H]2c2ccccc2)C1. The van der Waals surface area contributed by atoms with Crippen molar-refractivity contribution in [3.05, 3.63) is 71.3 Å². The van der Waals surface area contributed by atoms with E-state index in [2.05, 4.69) is 48.2 Å². The molecule has 148 valence electrons. The first-order valence-corrected chi connectivity index (χ1v) is 10.6. The highest BCUT2D eigenvalue weighted by Gasteiger charge is 2.34. The van der Waals surface area contributed by atoms with Crippen molar-refractivity contribution in [2.45, 2.75) is 44.8 Å². The van der Waals surface area contributed by atoms with Gasteiger partial charge in [0.25, 0.3) is 0 Å². The van der Waals surface area contributed by atoms with Gasteiger partial charge in [-0.25, -0.2) is 4.79 Å². The third-order valence-electron chi connectivity index (χ3n) is 5.90. The molecule has 2 aromatic carbocycles. The molecular formula is C24H30N2O2. The monoisotopic (exact) mass is 378 g/mol. The van der Waals surface area contributed by atoms with Gasteiger partial charge in [0.15, 0.2) is 0 Å². The molecule has 0 saturated carbocycles. The molecule has 1 amide bonds. The Morgan fingerprint density at radius 2 is 1.86 bits per heavy atom. The Morgan fingerprint density at radius 1 is 1.07 bits per heavy atom. The Hall–Kier alpha value is -2.33. The van der Waals surface area contributed by atoms with Crippen LogP contribution in [0.2, 0.25) is 0 Å². The molecule has 2 atom stereocenters. The molecule has 2 aliphatic rings. The van der Waals surface area contributed by atoms with Gasteiger partial charge < -0.3 is 4.74 Å². The molecule has 2 heterocycles. The van der Waals surface area contributed by atoms with E-state index >= 15 is 0 Å². The second kappa shape index (κ2) is 8.78. The molecule has 4 heteroatoms. The van der Waals surface area contributed by atoms with Crippen molar-refractivity contribution in [2.75, 3.05) is 26.2 Å².